The molecule has 8 aromatic rings. The first-order chi connectivity index (χ1) is 22.9. The summed E-state index contributed by atoms with van der Waals surface area (Å²) in [6, 6.07) is 58.8. The van der Waals surface area contributed by atoms with Crippen molar-refractivity contribution in [1.82, 2.24) is 4.57 Å². The SMILES string of the molecule is c1ccc2c(c1)OB1c3ccccc3N(c3ccccc3-c3ccccc3-n3c4ccccc4c4ccccc43)c3cccc-2c31. The van der Waals surface area contributed by atoms with E-state index in [2.05, 4.69) is 173 Å². The van der Waals surface area contributed by atoms with E-state index >= 15 is 0 Å². The molecule has 214 valence electrons. The number of anilines is 3. The molecule has 3 heterocycles. The molecule has 0 saturated carbocycles. The van der Waals surface area contributed by atoms with Gasteiger partial charge in [-0.15, -0.1) is 0 Å². The molecule has 3 nitrogen and oxygen atoms in total. The lowest BCUT2D eigenvalue weighted by Crippen LogP contribution is -2.56. The topological polar surface area (TPSA) is 17.4 Å². The maximum atomic E-state index is 6.79. The molecule has 0 N–H and O–H groups in total. The summed E-state index contributed by atoms with van der Waals surface area (Å²) in [7, 11) is 0. The molecule has 0 fully saturated rings. The molecule has 10 rings (SSSR count). The van der Waals surface area contributed by atoms with Gasteiger partial charge in [0.1, 0.15) is 5.75 Å². The summed E-state index contributed by atoms with van der Waals surface area (Å²) in [4.78, 5) is 2.44. The van der Waals surface area contributed by atoms with Crippen molar-refractivity contribution >= 4 is 56.7 Å². The van der Waals surface area contributed by atoms with Gasteiger partial charge in [-0.2, -0.15) is 0 Å². The van der Waals surface area contributed by atoms with Gasteiger partial charge in [0, 0.05) is 44.3 Å². The highest BCUT2D eigenvalue weighted by molar-refractivity contribution is 6.85. The Kier molecular flexibility index (Phi) is 5.37. The van der Waals surface area contributed by atoms with Crippen LogP contribution in [0.5, 0.6) is 5.75 Å². The second kappa shape index (κ2) is 9.75. The Morgan fingerprint density at radius 1 is 0.391 bits per heavy atom. The van der Waals surface area contributed by atoms with Gasteiger partial charge < -0.3 is 14.1 Å². The van der Waals surface area contributed by atoms with Gasteiger partial charge in [-0.25, -0.2) is 0 Å². The molecule has 4 heteroatoms. The van der Waals surface area contributed by atoms with Gasteiger partial charge in [-0.05, 0) is 53.5 Å². The number of benzene rings is 7. The molecule has 7 aromatic carbocycles. The predicted molar refractivity (Wildman–Crippen MR) is 192 cm³/mol. The molecule has 0 radical (unpaired) electrons. The van der Waals surface area contributed by atoms with Crippen molar-refractivity contribution in [3.8, 4) is 33.7 Å². The van der Waals surface area contributed by atoms with E-state index in [0.717, 1.165) is 34.1 Å². The summed E-state index contributed by atoms with van der Waals surface area (Å²) in [5.41, 5.74) is 14.1. The third-order valence-corrected chi connectivity index (χ3v) is 9.63. The van der Waals surface area contributed by atoms with E-state index in [4.69, 9.17) is 4.65 Å². The summed E-state index contributed by atoms with van der Waals surface area (Å²) in [6.45, 7) is -0.175. The van der Waals surface area contributed by atoms with E-state index in [9.17, 15) is 0 Å². The van der Waals surface area contributed by atoms with Crippen LogP contribution in [0, 0.1) is 0 Å². The highest BCUT2D eigenvalue weighted by Crippen LogP contribution is 2.46. The fourth-order valence-electron chi connectivity index (χ4n) is 7.73. The zero-order valence-corrected chi connectivity index (χ0v) is 25.0. The first kappa shape index (κ1) is 25.3. The van der Waals surface area contributed by atoms with Crippen LogP contribution in [0.1, 0.15) is 0 Å². The van der Waals surface area contributed by atoms with Crippen LogP contribution in [0.4, 0.5) is 17.1 Å². The Morgan fingerprint density at radius 3 is 1.67 bits per heavy atom. The number of rotatable bonds is 3. The van der Waals surface area contributed by atoms with Gasteiger partial charge in [0.15, 0.2) is 0 Å². The van der Waals surface area contributed by atoms with Crippen molar-refractivity contribution < 1.29 is 4.65 Å². The third kappa shape index (κ3) is 3.50. The van der Waals surface area contributed by atoms with E-state index in [1.54, 1.807) is 0 Å². The molecule has 46 heavy (non-hydrogen) atoms. The van der Waals surface area contributed by atoms with Crippen molar-refractivity contribution in [3.63, 3.8) is 0 Å². The van der Waals surface area contributed by atoms with E-state index in [0.29, 0.717) is 0 Å². The fraction of sp³-hybridized carbons (Fsp3) is 0. The van der Waals surface area contributed by atoms with Crippen molar-refractivity contribution in [2.45, 2.75) is 0 Å². The molecule has 0 bridgehead atoms. The fourth-order valence-corrected chi connectivity index (χ4v) is 7.73. The van der Waals surface area contributed by atoms with Gasteiger partial charge in [0.25, 0.3) is 0 Å². The minimum absolute atomic E-state index is 0.175. The predicted octanol–water partition coefficient (Wildman–Crippen LogP) is 9.40. The van der Waals surface area contributed by atoms with Crippen molar-refractivity contribution in [3.05, 3.63) is 164 Å². The van der Waals surface area contributed by atoms with Crippen LogP contribution < -0.4 is 20.5 Å². The largest absolute Gasteiger partial charge is 0.551 e. The van der Waals surface area contributed by atoms with E-state index in [1.807, 2.05) is 0 Å². The van der Waals surface area contributed by atoms with Crippen LogP contribution in [0.2, 0.25) is 0 Å². The monoisotopic (exact) mass is 586 g/mol. The molecule has 0 amide bonds. The number of nitrogens with zero attached hydrogens (tertiary/aromatic N) is 2. The average Bonchev–Trinajstić information content (AvgIpc) is 3.46. The highest BCUT2D eigenvalue weighted by Gasteiger charge is 2.42. The normalized spacial score (nSPS) is 12.9. The standard InChI is InChI=1S/C42H27BN2O/c1-7-21-35-28(14-1)29-15-2-8-22-36(29)44(35)37-23-9-3-16-30(37)31-17-4-10-24-38(31)45-39-25-11-6-20-34(39)43-42-33(19-13-26-40(42)45)32-18-5-12-27-41(32)46-43/h1-27H. The molecule has 0 aliphatic carbocycles. The summed E-state index contributed by atoms with van der Waals surface area (Å²) in [5, 5.41) is 2.52. The summed E-state index contributed by atoms with van der Waals surface area (Å²) >= 11 is 0. The van der Waals surface area contributed by atoms with Crippen molar-refractivity contribution in [2.75, 3.05) is 4.90 Å². The molecule has 0 unspecified atom stereocenters. The lowest BCUT2D eigenvalue weighted by Gasteiger charge is -2.40. The molecule has 0 spiro atoms. The Morgan fingerprint density at radius 2 is 0.913 bits per heavy atom. The Hall–Kier alpha value is -6.00. The molecule has 0 atom stereocenters. The lowest BCUT2D eigenvalue weighted by molar-refractivity contribution is 0.590. The summed E-state index contributed by atoms with van der Waals surface area (Å²) in [6.07, 6.45) is 0. The maximum absolute atomic E-state index is 6.79. The number of para-hydroxylation sites is 6. The van der Waals surface area contributed by atoms with Crippen LogP contribution in [0.3, 0.4) is 0 Å². The van der Waals surface area contributed by atoms with Crippen LogP contribution in [0.15, 0.2) is 164 Å². The van der Waals surface area contributed by atoms with Crippen molar-refractivity contribution in [2.24, 2.45) is 0 Å². The first-order valence-corrected chi connectivity index (χ1v) is 15.8. The first-order valence-electron chi connectivity index (χ1n) is 15.8. The smallest absolute Gasteiger partial charge is 0.431 e. The Balaban J connectivity index is 1.25. The van der Waals surface area contributed by atoms with Gasteiger partial charge in [-0.1, -0.05) is 121 Å². The van der Waals surface area contributed by atoms with Crippen LogP contribution in [-0.4, -0.2) is 11.5 Å². The molecular formula is C42H27BN2O. The van der Waals surface area contributed by atoms with Crippen LogP contribution in [-0.2, 0) is 0 Å². The number of aromatic nitrogens is 1. The molecule has 2 aliphatic heterocycles. The molecular weight excluding hydrogens is 559 g/mol. The van der Waals surface area contributed by atoms with E-state index < -0.39 is 0 Å². The van der Waals surface area contributed by atoms with Gasteiger partial charge in [0.2, 0.25) is 0 Å². The maximum Gasteiger partial charge on any atom is 0.431 e. The number of fused-ring (bicyclic) bond motifs is 7. The zero-order valence-electron chi connectivity index (χ0n) is 25.0. The molecule has 1 aromatic heterocycles. The molecule has 2 aliphatic rings. The quantitative estimate of drug-likeness (QED) is 0.192. The Labute approximate surface area is 267 Å². The second-order valence-electron chi connectivity index (χ2n) is 12.0. The number of hydrogen-bond acceptors (Lipinski definition) is 2. The minimum Gasteiger partial charge on any atom is -0.551 e. The van der Waals surface area contributed by atoms with Gasteiger partial charge in [0.05, 0.1) is 22.4 Å². The van der Waals surface area contributed by atoms with E-state index in [-0.39, 0.29) is 6.92 Å². The van der Waals surface area contributed by atoms with E-state index in [1.165, 1.54) is 49.4 Å². The van der Waals surface area contributed by atoms with Crippen molar-refractivity contribution in [1.29, 1.82) is 0 Å². The highest BCUT2D eigenvalue weighted by atomic mass is 16.4. The summed E-state index contributed by atoms with van der Waals surface area (Å²) < 4.78 is 9.21. The zero-order chi connectivity index (χ0) is 30.2. The molecule has 0 saturated heterocycles. The Bertz CT molecular complexity index is 2440. The second-order valence-corrected chi connectivity index (χ2v) is 12.0. The van der Waals surface area contributed by atoms with Gasteiger partial charge in [-0.3, -0.25) is 0 Å². The third-order valence-electron chi connectivity index (χ3n) is 9.63. The van der Waals surface area contributed by atoms with Crippen LogP contribution >= 0.6 is 0 Å². The minimum atomic E-state index is -0.175. The van der Waals surface area contributed by atoms with Gasteiger partial charge >= 0.3 is 6.92 Å². The average molecular weight is 587 g/mol. The number of hydrogen-bond donors (Lipinski definition) is 0. The summed E-state index contributed by atoms with van der Waals surface area (Å²) in [5.74, 6) is 0.931. The van der Waals surface area contributed by atoms with Crippen LogP contribution in [0.25, 0.3) is 49.7 Å². The lowest BCUT2D eigenvalue weighted by atomic mass is 9.49.